The zero-order chi connectivity index (χ0) is 18.9. The summed E-state index contributed by atoms with van der Waals surface area (Å²) >= 11 is 5.57. The number of hydrogen-bond acceptors (Lipinski definition) is 5. The van der Waals surface area contributed by atoms with E-state index in [-0.39, 0.29) is 23.3 Å². The number of carbonyl (C=O) groups is 2. The number of benzene rings is 1. The molecule has 0 bridgehead atoms. The molecule has 1 aliphatic rings. The highest BCUT2D eigenvalue weighted by Gasteiger charge is 2.23. The maximum atomic E-state index is 13.3. The van der Waals surface area contributed by atoms with Gasteiger partial charge in [-0.05, 0) is 25.0 Å². The third kappa shape index (κ3) is 6.62. The van der Waals surface area contributed by atoms with Crippen molar-refractivity contribution in [2.75, 3.05) is 19.8 Å². The highest BCUT2D eigenvalue weighted by Crippen LogP contribution is 2.20. The Hall–Kier alpha value is -2.16. The van der Waals surface area contributed by atoms with E-state index in [1.807, 2.05) is 0 Å². The number of nitrogens with one attached hydrogen (secondary N) is 2. The van der Waals surface area contributed by atoms with Crippen LogP contribution in [0.15, 0.2) is 30.5 Å². The van der Waals surface area contributed by atoms with E-state index < -0.39 is 17.8 Å². The Balaban J connectivity index is 1.63. The second-order valence-electron chi connectivity index (χ2n) is 5.61. The molecule has 0 saturated carbocycles. The van der Waals surface area contributed by atoms with Crippen molar-refractivity contribution in [3.8, 4) is 5.75 Å². The van der Waals surface area contributed by atoms with Gasteiger partial charge in [-0.15, -0.1) is 0 Å². The lowest BCUT2D eigenvalue weighted by Crippen LogP contribution is -2.39. The van der Waals surface area contributed by atoms with Crippen molar-refractivity contribution in [1.29, 1.82) is 0 Å². The Morgan fingerprint density at radius 3 is 2.92 bits per heavy atom. The zero-order valence-electron chi connectivity index (χ0n) is 14.1. The normalized spacial score (nSPS) is 16.6. The Labute approximate surface area is 155 Å². The summed E-state index contributed by atoms with van der Waals surface area (Å²) in [5, 5.41) is 5.20. The Morgan fingerprint density at radius 1 is 1.42 bits per heavy atom. The molecule has 1 saturated heterocycles. The molecular formula is C17H20ClFN2O5. The predicted octanol–water partition coefficient (Wildman–Crippen LogP) is 2.10. The van der Waals surface area contributed by atoms with Gasteiger partial charge in [-0.2, -0.15) is 0 Å². The van der Waals surface area contributed by atoms with E-state index >= 15 is 0 Å². The van der Waals surface area contributed by atoms with Crippen LogP contribution in [0.4, 0.5) is 4.39 Å². The Kier molecular flexibility index (Phi) is 7.83. The SMILES string of the molecule is C=C(CCNC(=O)C1CCCOO1)NC(=O)COc1ccc(Cl)c(F)c1. The Morgan fingerprint density at radius 2 is 2.23 bits per heavy atom. The van der Waals surface area contributed by atoms with E-state index in [9.17, 15) is 14.0 Å². The van der Waals surface area contributed by atoms with Crippen LogP contribution >= 0.6 is 11.6 Å². The molecule has 0 aromatic heterocycles. The predicted molar refractivity (Wildman–Crippen MR) is 91.9 cm³/mol. The van der Waals surface area contributed by atoms with Crippen molar-refractivity contribution in [2.45, 2.75) is 25.4 Å². The summed E-state index contributed by atoms with van der Waals surface area (Å²) < 4.78 is 18.4. The molecule has 1 atom stereocenters. The summed E-state index contributed by atoms with van der Waals surface area (Å²) in [7, 11) is 0. The molecule has 7 nitrogen and oxygen atoms in total. The van der Waals surface area contributed by atoms with Gasteiger partial charge in [0.25, 0.3) is 11.8 Å². The first-order valence-electron chi connectivity index (χ1n) is 8.07. The van der Waals surface area contributed by atoms with Gasteiger partial charge in [0.15, 0.2) is 12.7 Å². The molecule has 1 unspecified atom stereocenters. The molecule has 0 spiro atoms. The summed E-state index contributed by atoms with van der Waals surface area (Å²) in [4.78, 5) is 33.3. The summed E-state index contributed by atoms with van der Waals surface area (Å²) in [5.74, 6) is -1.15. The monoisotopic (exact) mass is 386 g/mol. The zero-order valence-corrected chi connectivity index (χ0v) is 14.8. The van der Waals surface area contributed by atoms with Crippen LogP contribution < -0.4 is 15.4 Å². The lowest BCUT2D eigenvalue weighted by atomic mass is 10.2. The molecule has 1 heterocycles. The molecule has 1 aromatic rings. The largest absolute Gasteiger partial charge is 0.484 e. The minimum atomic E-state index is -0.628. The summed E-state index contributed by atoms with van der Waals surface area (Å²) in [6, 6.07) is 3.89. The molecule has 1 aliphatic heterocycles. The first kappa shape index (κ1) is 20.2. The molecule has 2 N–H and O–H groups in total. The molecule has 1 aromatic carbocycles. The van der Waals surface area contributed by atoms with Crippen molar-refractivity contribution in [3.05, 3.63) is 41.3 Å². The molecule has 9 heteroatoms. The summed E-state index contributed by atoms with van der Waals surface area (Å²) in [6.07, 6.45) is 1.10. The number of rotatable bonds is 8. The number of carbonyl (C=O) groups excluding carboxylic acids is 2. The minimum absolute atomic E-state index is 0.0255. The quantitative estimate of drug-likeness (QED) is 0.668. The molecule has 0 radical (unpaired) electrons. The second kappa shape index (κ2) is 10.1. The van der Waals surface area contributed by atoms with Crippen LogP contribution in [0.2, 0.25) is 5.02 Å². The van der Waals surface area contributed by atoms with Crippen molar-refractivity contribution in [2.24, 2.45) is 0 Å². The van der Waals surface area contributed by atoms with E-state index in [1.165, 1.54) is 12.1 Å². The average molecular weight is 387 g/mol. The highest BCUT2D eigenvalue weighted by atomic mass is 35.5. The van der Waals surface area contributed by atoms with Crippen LogP contribution in [0.25, 0.3) is 0 Å². The molecular weight excluding hydrogens is 367 g/mol. The molecule has 26 heavy (non-hydrogen) atoms. The Bertz CT molecular complexity index is 665. The first-order chi connectivity index (χ1) is 12.5. The van der Waals surface area contributed by atoms with Crippen molar-refractivity contribution in [1.82, 2.24) is 10.6 Å². The fourth-order valence-corrected chi connectivity index (χ4v) is 2.26. The van der Waals surface area contributed by atoms with Gasteiger partial charge in [0.1, 0.15) is 11.6 Å². The van der Waals surface area contributed by atoms with Crippen LogP contribution in [0.3, 0.4) is 0 Å². The van der Waals surface area contributed by atoms with Gasteiger partial charge in [0.05, 0.1) is 11.6 Å². The third-order valence-electron chi connectivity index (χ3n) is 3.47. The first-order valence-corrected chi connectivity index (χ1v) is 8.45. The van der Waals surface area contributed by atoms with Gasteiger partial charge in [0.2, 0.25) is 0 Å². The second-order valence-corrected chi connectivity index (χ2v) is 6.01. The van der Waals surface area contributed by atoms with Crippen molar-refractivity contribution >= 4 is 23.4 Å². The van der Waals surface area contributed by atoms with Crippen molar-refractivity contribution in [3.63, 3.8) is 0 Å². The average Bonchev–Trinajstić information content (AvgIpc) is 2.63. The third-order valence-corrected chi connectivity index (χ3v) is 3.78. The molecule has 2 rings (SSSR count). The maximum absolute atomic E-state index is 13.3. The maximum Gasteiger partial charge on any atom is 0.262 e. The van der Waals surface area contributed by atoms with Crippen LogP contribution in [0.1, 0.15) is 19.3 Å². The van der Waals surface area contributed by atoms with Crippen LogP contribution in [-0.2, 0) is 19.4 Å². The number of halogens is 2. The standard InChI is InChI=1S/C17H20ClFN2O5/c1-11(6-7-20-17(23)15-3-2-8-25-26-15)21-16(22)10-24-12-4-5-13(18)14(19)9-12/h4-5,9,15H,1-3,6-8,10H2,(H,20,23)(H,21,22). The van der Waals surface area contributed by atoms with Gasteiger partial charge >= 0.3 is 0 Å². The van der Waals surface area contributed by atoms with E-state index in [2.05, 4.69) is 17.2 Å². The molecule has 142 valence electrons. The van der Waals surface area contributed by atoms with E-state index in [1.54, 1.807) is 0 Å². The molecule has 1 fully saturated rings. The fourth-order valence-electron chi connectivity index (χ4n) is 2.14. The number of amides is 2. The van der Waals surface area contributed by atoms with Crippen molar-refractivity contribution < 1.29 is 28.5 Å². The van der Waals surface area contributed by atoms with Crippen LogP contribution in [0.5, 0.6) is 5.75 Å². The van der Waals surface area contributed by atoms with Gasteiger partial charge in [-0.25, -0.2) is 14.2 Å². The molecule has 2 amide bonds. The van der Waals surface area contributed by atoms with Gasteiger partial charge in [-0.1, -0.05) is 18.2 Å². The van der Waals surface area contributed by atoms with E-state index in [0.717, 1.165) is 12.5 Å². The van der Waals surface area contributed by atoms with Gasteiger partial charge in [0, 0.05) is 24.7 Å². The van der Waals surface area contributed by atoms with Crippen LogP contribution in [0, 0.1) is 5.82 Å². The fraction of sp³-hybridized carbons (Fsp3) is 0.412. The van der Waals surface area contributed by atoms with Crippen LogP contribution in [-0.4, -0.2) is 37.7 Å². The number of hydrogen-bond donors (Lipinski definition) is 2. The van der Waals surface area contributed by atoms with E-state index in [4.69, 9.17) is 26.1 Å². The highest BCUT2D eigenvalue weighted by molar-refractivity contribution is 6.30. The van der Waals surface area contributed by atoms with Gasteiger partial charge < -0.3 is 15.4 Å². The van der Waals surface area contributed by atoms with E-state index in [0.29, 0.717) is 31.7 Å². The lowest BCUT2D eigenvalue weighted by Gasteiger charge is -2.20. The number of ether oxygens (including phenoxy) is 1. The summed E-state index contributed by atoms with van der Waals surface area (Å²) in [5.41, 5.74) is 0.419. The topological polar surface area (TPSA) is 85.9 Å². The summed E-state index contributed by atoms with van der Waals surface area (Å²) in [6.45, 7) is 4.18. The minimum Gasteiger partial charge on any atom is -0.484 e. The lowest BCUT2D eigenvalue weighted by molar-refractivity contribution is -0.335. The van der Waals surface area contributed by atoms with Gasteiger partial charge in [-0.3, -0.25) is 9.59 Å². The molecule has 0 aliphatic carbocycles. The smallest absolute Gasteiger partial charge is 0.262 e.